The minimum absolute atomic E-state index is 0.615. The molecule has 74 valence electrons. The lowest BCUT2D eigenvalue weighted by Crippen LogP contribution is -2.11. The van der Waals surface area contributed by atoms with E-state index in [1.807, 2.05) is 0 Å². The highest BCUT2D eigenvalue weighted by Crippen LogP contribution is 2.58. The quantitative estimate of drug-likeness (QED) is 0.810. The van der Waals surface area contributed by atoms with Crippen LogP contribution in [0.15, 0.2) is 28.7 Å². The summed E-state index contributed by atoms with van der Waals surface area (Å²) in [6.07, 6.45) is 2.82. The van der Waals surface area contributed by atoms with Crippen molar-refractivity contribution in [3.63, 3.8) is 0 Å². The summed E-state index contributed by atoms with van der Waals surface area (Å²) < 4.78 is 1.28. The van der Waals surface area contributed by atoms with Crippen LogP contribution < -0.4 is 5.32 Å². The largest absolute Gasteiger partial charge is 0.316 e. The van der Waals surface area contributed by atoms with E-state index in [1.165, 1.54) is 29.4 Å². The van der Waals surface area contributed by atoms with Crippen LogP contribution in [0.25, 0.3) is 0 Å². The molecule has 1 aromatic rings. The molecule has 1 heterocycles. The maximum absolute atomic E-state index is 3.66. The summed E-state index contributed by atoms with van der Waals surface area (Å²) in [6.45, 7) is 2.38. The maximum atomic E-state index is 3.66. The lowest BCUT2D eigenvalue weighted by atomic mass is 9.86. The molecule has 2 aliphatic rings. The van der Waals surface area contributed by atoms with Gasteiger partial charge in [0.2, 0.25) is 0 Å². The zero-order valence-corrected chi connectivity index (χ0v) is 9.68. The first kappa shape index (κ1) is 8.93. The first-order chi connectivity index (χ1) is 6.82. The molecule has 0 radical (unpaired) electrons. The van der Waals surface area contributed by atoms with E-state index in [4.69, 9.17) is 0 Å². The standard InChI is InChI=1S/C12H14BrN/c13-11-4-2-1-3-9(11)10-7-14-8-12(10)5-6-12/h1-4,10,14H,5-8H2. The fraction of sp³-hybridized carbons (Fsp3) is 0.500. The van der Waals surface area contributed by atoms with Crippen LogP contribution in [0, 0.1) is 5.41 Å². The molecule has 1 nitrogen and oxygen atoms in total. The third-order valence-corrected chi connectivity index (χ3v) is 4.46. The second-order valence-corrected chi connectivity index (χ2v) is 5.42. The Labute approximate surface area is 93.0 Å². The molecule has 1 atom stereocenters. The smallest absolute Gasteiger partial charge is 0.0210 e. The van der Waals surface area contributed by atoms with Crippen LogP contribution >= 0.6 is 15.9 Å². The van der Waals surface area contributed by atoms with E-state index in [2.05, 4.69) is 45.5 Å². The lowest BCUT2D eigenvalue weighted by Gasteiger charge is -2.18. The Morgan fingerprint density at radius 3 is 2.79 bits per heavy atom. The molecule has 1 aliphatic carbocycles. The molecule has 1 unspecified atom stereocenters. The van der Waals surface area contributed by atoms with Crippen molar-refractivity contribution in [3.8, 4) is 0 Å². The Bertz CT molecular complexity index is 357. The minimum Gasteiger partial charge on any atom is -0.316 e. The van der Waals surface area contributed by atoms with Crippen molar-refractivity contribution in [2.75, 3.05) is 13.1 Å². The highest BCUT2D eigenvalue weighted by molar-refractivity contribution is 9.10. The van der Waals surface area contributed by atoms with Crippen molar-refractivity contribution in [1.82, 2.24) is 5.32 Å². The summed E-state index contributed by atoms with van der Waals surface area (Å²) in [5, 5.41) is 3.53. The number of hydrogen-bond acceptors (Lipinski definition) is 1. The van der Waals surface area contributed by atoms with Gasteiger partial charge in [0.15, 0.2) is 0 Å². The molecule has 1 aromatic carbocycles. The fourth-order valence-electron chi connectivity index (χ4n) is 2.69. The predicted molar refractivity (Wildman–Crippen MR) is 61.4 cm³/mol. The van der Waals surface area contributed by atoms with Crippen LogP contribution in [0.3, 0.4) is 0 Å². The topological polar surface area (TPSA) is 12.0 Å². The molecular weight excluding hydrogens is 238 g/mol. The van der Waals surface area contributed by atoms with E-state index in [1.54, 1.807) is 0 Å². The molecule has 14 heavy (non-hydrogen) atoms. The zero-order chi connectivity index (χ0) is 9.60. The Hall–Kier alpha value is -0.340. The van der Waals surface area contributed by atoms with Crippen LogP contribution in [-0.2, 0) is 0 Å². The number of rotatable bonds is 1. The lowest BCUT2D eigenvalue weighted by molar-refractivity contribution is 0.501. The highest BCUT2D eigenvalue weighted by atomic mass is 79.9. The SMILES string of the molecule is Brc1ccccc1C1CNCC12CC2. The maximum Gasteiger partial charge on any atom is 0.0210 e. The molecule has 1 saturated carbocycles. The van der Waals surface area contributed by atoms with Crippen molar-refractivity contribution in [1.29, 1.82) is 0 Å². The average molecular weight is 252 g/mol. The van der Waals surface area contributed by atoms with Gasteiger partial charge in [-0.25, -0.2) is 0 Å². The average Bonchev–Trinajstić information content (AvgIpc) is 2.82. The van der Waals surface area contributed by atoms with Gasteiger partial charge in [-0.15, -0.1) is 0 Å². The molecule has 3 rings (SSSR count). The van der Waals surface area contributed by atoms with Gasteiger partial charge in [-0.3, -0.25) is 0 Å². The van der Waals surface area contributed by atoms with E-state index in [0.717, 1.165) is 12.5 Å². The summed E-state index contributed by atoms with van der Waals surface area (Å²) in [6, 6.07) is 8.66. The Morgan fingerprint density at radius 2 is 2.07 bits per heavy atom. The Kier molecular flexibility index (Phi) is 1.96. The molecule has 0 bridgehead atoms. The van der Waals surface area contributed by atoms with Crippen molar-refractivity contribution in [3.05, 3.63) is 34.3 Å². The molecule has 2 heteroatoms. The highest BCUT2D eigenvalue weighted by Gasteiger charge is 2.52. The molecule has 2 fully saturated rings. The third-order valence-electron chi connectivity index (χ3n) is 3.74. The number of nitrogens with one attached hydrogen (secondary N) is 1. The van der Waals surface area contributed by atoms with Crippen LogP contribution in [0.1, 0.15) is 24.3 Å². The van der Waals surface area contributed by atoms with Gasteiger partial charge in [0.1, 0.15) is 0 Å². The van der Waals surface area contributed by atoms with Crippen molar-refractivity contribution >= 4 is 15.9 Å². The van der Waals surface area contributed by atoms with E-state index >= 15 is 0 Å². The van der Waals surface area contributed by atoms with Crippen LogP contribution in [-0.4, -0.2) is 13.1 Å². The van der Waals surface area contributed by atoms with Gasteiger partial charge in [-0.1, -0.05) is 34.1 Å². The van der Waals surface area contributed by atoms with Crippen LogP contribution in [0.5, 0.6) is 0 Å². The van der Waals surface area contributed by atoms with E-state index in [9.17, 15) is 0 Å². The third kappa shape index (κ3) is 1.24. The number of halogens is 1. The molecule has 0 amide bonds. The van der Waals surface area contributed by atoms with Gasteiger partial charge in [0.05, 0.1) is 0 Å². The summed E-state index contributed by atoms with van der Waals surface area (Å²) in [5.41, 5.74) is 2.11. The molecular formula is C12H14BrN. The monoisotopic (exact) mass is 251 g/mol. The molecule has 1 spiro atoms. The van der Waals surface area contributed by atoms with Gasteiger partial charge < -0.3 is 5.32 Å². The first-order valence-electron chi connectivity index (χ1n) is 5.27. The summed E-state index contributed by atoms with van der Waals surface area (Å²) in [4.78, 5) is 0. The molecule has 0 aromatic heterocycles. The van der Waals surface area contributed by atoms with Crippen molar-refractivity contribution < 1.29 is 0 Å². The fourth-order valence-corrected chi connectivity index (χ4v) is 3.25. The number of hydrogen-bond donors (Lipinski definition) is 1. The van der Waals surface area contributed by atoms with Crippen molar-refractivity contribution in [2.45, 2.75) is 18.8 Å². The van der Waals surface area contributed by atoms with E-state index < -0.39 is 0 Å². The van der Waals surface area contributed by atoms with Gasteiger partial charge in [0, 0.05) is 23.5 Å². The zero-order valence-electron chi connectivity index (χ0n) is 8.09. The van der Waals surface area contributed by atoms with Crippen LogP contribution in [0.4, 0.5) is 0 Å². The van der Waals surface area contributed by atoms with Gasteiger partial charge >= 0.3 is 0 Å². The van der Waals surface area contributed by atoms with E-state index in [-0.39, 0.29) is 0 Å². The van der Waals surface area contributed by atoms with Gasteiger partial charge in [-0.05, 0) is 29.9 Å². The molecule has 1 aliphatic heterocycles. The van der Waals surface area contributed by atoms with Crippen molar-refractivity contribution in [2.24, 2.45) is 5.41 Å². The molecule has 1 N–H and O–H groups in total. The second kappa shape index (κ2) is 3.07. The second-order valence-electron chi connectivity index (χ2n) is 4.57. The Morgan fingerprint density at radius 1 is 1.29 bits per heavy atom. The van der Waals surface area contributed by atoms with Gasteiger partial charge in [0.25, 0.3) is 0 Å². The molecule has 1 saturated heterocycles. The summed E-state index contributed by atoms with van der Waals surface area (Å²) in [5.74, 6) is 0.734. The first-order valence-corrected chi connectivity index (χ1v) is 6.06. The number of benzene rings is 1. The summed E-state index contributed by atoms with van der Waals surface area (Å²) in [7, 11) is 0. The van der Waals surface area contributed by atoms with E-state index in [0.29, 0.717) is 5.41 Å². The normalized spacial score (nSPS) is 28.2. The van der Waals surface area contributed by atoms with Crippen LogP contribution in [0.2, 0.25) is 0 Å². The van der Waals surface area contributed by atoms with Gasteiger partial charge in [-0.2, -0.15) is 0 Å². The minimum atomic E-state index is 0.615. The summed E-state index contributed by atoms with van der Waals surface area (Å²) >= 11 is 3.66. The predicted octanol–water partition coefficient (Wildman–Crippen LogP) is 2.92. The Balaban J connectivity index is 1.99.